The average Bonchev–Trinajstić information content (AvgIpc) is 3.00. The summed E-state index contributed by atoms with van der Waals surface area (Å²) in [5, 5.41) is 11.6. The zero-order valence-electron chi connectivity index (χ0n) is 16.2. The molecule has 0 aliphatic heterocycles. The second kappa shape index (κ2) is 8.06. The molecule has 1 aromatic heterocycles. The molecule has 0 atom stereocenters. The summed E-state index contributed by atoms with van der Waals surface area (Å²) in [6.07, 6.45) is -4.52. The van der Waals surface area contributed by atoms with Crippen LogP contribution in [0.15, 0.2) is 54.6 Å². The van der Waals surface area contributed by atoms with Crippen molar-refractivity contribution in [2.24, 2.45) is 0 Å². The number of aryl methyl sites for hydroxylation is 1. The van der Waals surface area contributed by atoms with Gasteiger partial charge in [-0.25, -0.2) is 4.79 Å². The van der Waals surface area contributed by atoms with E-state index >= 15 is 0 Å². The Hall–Kier alpha value is -3.55. The summed E-state index contributed by atoms with van der Waals surface area (Å²) in [6, 6.07) is 12.8. The number of rotatable bonds is 5. The second-order valence-electron chi connectivity index (χ2n) is 6.82. The summed E-state index contributed by atoms with van der Waals surface area (Å²) < 4.78 is 41.7. The average molecular weight is 416 g/mol. The van der Waals surface area contributed by atoms with Crippen molar-refractivity contribution in [2.75, 3.05) is 0 Å². The third kappa shape index (κ3) is 4.22. The van der Waals surface area contributed by atoms with Crippen LogP contribution in [0.2, 0.25) is 0 Å². The summed E-state index contributed by atoms with van der Waals surface area (Å²) in [6.45, 7) is 3.39. The van der Waals surface area contributed by atoms with Crippen molar-refractivity contribution >= 4 is 11.9 Å². The van der Waals surface area contributed by atoms with E-state index in [1.54, 1.807) is 32.0 Å². The van der Waals surface area contributed by atoms with Crippen molar-refractivity contribution in [1.29, 1.82) is 0 Å². The molecule has 0 fully saturated rings. The summed E-state index contributed by atoms with van der Waals surface area (Å²) in [5.74, 6) is -1.47. The third-order valence-corrected chi connectivity index (χ3v) is 4.78. The Labute approximate surface area is 170 Å². The van der Waals surface area contributed by atoms with Gasteiger partial charge in [-0.2, -0.15) is 13.2 Å². The molecule has 0 unspecified atom stereocenters. The summed E-state index contributed by atoms with van der Waals surface area (Å²) in [7, 11) is 0. The maximum absolute atomic E-state index is 13.4. The molecular weight excluding hydrogens is 397 g/mol. The van der Waals surface area contributed by atoms with Gasteiger partial charge in [-0.15, -0.1) is 0 Å². The fraction of sp³-hybridized carbons (Fsp3) is 0.182. The first-order valence-corrected chi connectivity index (χ1v) is 9.05. The highest BCUT2D eigenvalue weighted by Gasteiger charge is 2.34. The largest absolute Gasteiger partial charge is 0.478 e. The molecule has 8 heteroatoms. The highest BCUT2D eigenvalue weighted by Crippen LogP contribution is 2.35. The van der Waals surface area contributed by atoms with E-state index in [1.807, 2.05) is 0 Å². The SMILES string of the molecule is Cc1cc(C(=O)NCc2ccc(C(=O)O)cc2)c(C)n1-c1ccccc1C(F)(F)F. The summed E-state index contributed by atoms with van der Waals surface area (Å²) in [4.78, 5) is 23.5. The van der Waals surface area contributed by atoms with Crippen LogP contribution in [0, 0.1) is 13.8 Å². The van der Waals surface area contributed by atoms with Crippen molar-refractivity contribution in [1.82, 2.24) is 9.88 Å². The normalized spacial score (nSPS) is 11.4. The van der Waals surface area contributed by atoms with Crippen LogP contribution in [-0.2, 0) is 12.7 Å². The van der Waals surface area contributed by atoms with Gasteiger partial charge in [0.1, 0.15) is 0 Å². The van der Waals surface area contributed by atoms with Gasteiger partial charge in [0.15, 0.2) is 0 Å². The van der Waals surface area contributed by atoms with E-state index < -0.39 is 23.6 Å². The van der Waals surface area contributed by atoms with Gasteiger partial charge in [0.25, 0.3) is 5.91 Å². The van der Waals surface area contributed by atoms with Gasteiger partial charge >= 0.3 is 12.1 Å². The number of carboxylic acid groups (broad SMARTS) is 1. The van der Waals surface area contributed by atoms with Crippen LogP contribution in [0.4, 0.5) is 13.2 Å². The van der Waals surface area contributed by atoms with E-state index in [0.29, 0.717) is 17.0 Å². The topological polar surface area (TPSA) is 71.3 Å². The summed E-state index contributed by atoms with van der Waals surface area (Å²) in [5.41, 5.74) is 1.18. The Morgan fingerprint density at radius 3 is 2.27 bits per heavy atom. The van der Waals surface area contributed by atoms with E-state index in [9.17, 15) is 22.8 Å². The molecule has 0 saturated carbocycles. The number of amides is 1. The number of nitrogens with one attached hydrogen (secondary N) is 1. The molecule has 1 amide bonds. The minimum atomic E-state index is -4.52. The Balaban J connectivity index is 1.85. The van der Waals surface area contributed by atoms with Gasteiger partial charge in [-0.1, -0.05) is 24.3 Å². The number of carbonyl (C=O) groups is 2. The molecule has 156 valence electrons. The van der Waals surface area contributed by atoms with Crippen LogP contribution in [0.5, 0.6) is 0 Å². The number of aromatic nitrogens is 1. The molecule has 0 aliphatic carbocycles. The highest BCUT2D eigenvalue weighted by molar-refractivity contribution is 5.96. The van der Waals surface area contributed by atoms with Crippen molar-refractivity contribution in [3.8, 4) is 5.69 Å². The zero-order valence-corrected chi connectivity index (χ0v) is 16.2. The van der Waals surface area contributed by atoms with Crippen molar-refractivity contribution < 1.29 is 27.9 Å². The predicted molar refractivity (Wildman–Crippen MR) is 105 cm³/mol. The standard InChI is InChI=1S/C22H19F3N2O3/c1-13-11-17(20(28)26-12-15-7-9-16(10-8-15)21(29)30)14(2)27(13)19-6-4-3-5-18(19)22(23,24)25/h3-11H,12H2,1-2H3,(H,26,28)(H,29,30). The monoisotopic (exact) mass is 416 g/mol. The fourth-order valence-corrected chi connectivity index (χ4v) is 3.31. The Morgan fingerprint density at radius 2 is 1.67 bits per heavy atom. The molecule has 0 aliphatic rings. The molecule has 3 aromatic rings. The summed E-state index contributed by atoms with van der Waals surface area (Å²) >= 11 is 0. The van der Waals surface area contributed by atoms with Crippen LogP contribution in [0.3, 0.4) is 0 Å². The number of alkyl halides is 3. The van der Waals surface area contributed by atoms with Gasteiger partial charge in [-0.05, 0) is 49.7 Å². The smallest absolute Gasteiger partial charge is 0.418 e. The van der Waals surface area contributed by atoms with E-state index in [-0.39, 0.29) is 23.4 Å². The first-order valence-electron chi connectivity index (χ1n) is 9.05. The number of hydrogen-bond acceptors (Lipinski definition) is 2. The molecule has 5 nitrogen and oxygen atoms in total. The van der Waals surface area contributed by atoms with Gasteiger partial charge in [0.2, 0.25) is 0 Å². The molecular formula is C22H19F3N2O3. The van der Waals surface area contributed by atoms with Crippen LogP contribution in [-0.4, -0.2) is 21.6 Å². The van der Waals surface area contributed by atoms with E-state index in [1.165, 1.54) is 34.9 Å². The lowest BCUT2D eigenvalue weighted by atomic mass is 10.1. The Kier molecular flexibility index (Phi) is 5.69. The van der Waals surface area contributed by atoms with Gasteiger partial charge in [0.05, 0.1) is 22.4 Å². The van der Waals surface area contributed by atoms with Crippen LogP contribution in [0.1, 0.15) is 43.2 Å². The molecule has 2 aromatic carbocycles. The fourth-order valence-electron chi connectivity index (χ4n) is 3.31. The second-order valence-corrected chi connectivity index (χ2v) is 6.82. The molecule has 0 radical (unpaired) electrons. The predicted octanol–water partition coefficient (Wildman–Crippen LogP) is 4.74. The number of hydrogen-bond donors (Lipinski definition) is 2. The van der Waals surface area contributed by atoms with Crippen molar-refractivity contribution in [3.63, 3.8) is 0 Å². The van der Waals surface area contributed by atoms with Gasteiger partial charge < -0.3 is 15.0 Å². The Bertz CT molecular complexity index is 1100. The Morgan fingerprint density at radius 1 is 1.03 bits per heavy atom. The minimum absolute atomic E-state index is 0.0386. The molecule has 0 bridgehead atoms. The number of carboxylic acids is 1. The maximum atomic E-state index is 13.4. The number of nitrogens with zero attached hydrogens (tertiary/aromatic N) is 1. The number of para-hydroxylation sites is 1. The van der Waals surface area contributed by atoms with Gasteiger partial charge in [-0.3, -0.25) is 4.79 Å². The molecule has 0 spiro atoms. The molecule has 1 heterocycles. The highest BCUT2D eigenvalue weighted by atomic mass is 19.4. The number of aromatic carboxylic acids is 1. The minimum Gasteiger partial charge on any atom is -0.478 e. The molecule has 0 saturated heterocycles. The lowest BCUT2D eigenvalue weighted by Crippen LogP contribution is -2.23. The first kappa shape index (κ1) is 21.2. The number of benzene rings is 2. The van der Waals surface area contributed by atoms with E-state index in [2.05, 4.69) is 5.32 Å². The van der Waals surface area contributed by atoms with Crippen LogP contribution >= 0.6 is 0 Å². The van der Waals surface area contributed by atoms with Crippen LogP contribution in [0.25, 0.3) is 5.69 Å². The lowest BCUT2D eigenvalue weighted by Gasteiger charge is -2.16. The van der Waals surface area contributed by atoms with E-state index in [0.717, 1.165) is 6.07 Å². The number of halogens is 3. The quantitative estimate of drug-likeness (QED) is 0.631. The van der Waals surface area contributed by atoms with Crippen LogP contribution < -0.4 is 5.32 Å². The van der Waals surface area contributed by atoms with Gasteiger partial charge in [0, 0.05) is 17.9 Å². The maximum Gasteiger partial charge on any atom is 0.418 e. The third-order valence-electron chi connectivity index (χ3n) is 4.78. The van der Waals surface area contributed by atoms with Crippen molar-refractivity contribution in [2.45, 2.75) is 26.6 Å². The lowest BCUT2D eigenvalue weighted by molar-refractivity contribution is -0.137. The number of carbonyl (C=O) groups excluding carboxylic acids is 1. The molecule has 30 heavy (non-hydrogen) atoms. The van der Waals surface area contributed by atoms with E-state index in [4.69, 9.17) is 5.11 Å². The molecule has 2 N–H and O–H groups in total. The van der Waals surface area contributed by atoms with Crippen molar-refractivity contribution in [3.05, 3.63) is 88.2 Å². The zero-order chi connectivity index (χ0) is 22.1. The molecule has 3 rings (SSSR count). The first-order chi connectivity index (χ1) is 14.1.